The third-order valence-corrected chi connectivity index (χ3v) is 5.38. The van der Waals surface area contributed by atoms with Crippen LogP contribution in [0.15, 0.2) is 41.3 Å². The molecule has 0 aliphatic heterocycles. The van der Waals surface area contributed by atoms with Gasteiger partial charge in [0.05, 0.1) is 0 Å². The molecule has 128 valence electrons. The highest BCUT2D eigenvalue weighted by atomic mass is 32.2. The van der Waals surface area contributed by atoms with Crippen molar-refractivity contribution in [2.24, 2.45) is 0 Å². The van der Waals surface area contributed by atoms with Gasteiger partial charge in [-0.2, -0.15) is 0 Å². The van der Waals surface area contributed by atoms with Gasteiger partial charge in [-0.3, -0.25) is 5.41 Å². The number of benzene rings is 2. The largest absolute Gasteiger partial charge is 0.612 e. The molecule has 1 N–H and O–H groups in total. The lowest BCUT2D eigenvalue weighted by atomic mass is 9.94. The topological polar surface area (TPSA) is 50.2 Å². The zero-order valence-corrected chi connectivity index (χ0v) is 16.0. The maximum atomic E-state index is 11.5. The summed E-state index contributed by atoms with van der Waals surface area (Å²) < 4.78 is 11.5. The molecule has 2 aromatic rings. The Morgan fingerprint density at radius 3 is 2.29 bits per heavy atom. The van der Waals surface area contributed by atoms with Crippen LogP contribution >= 0.6 is 0 Å². The molecule has 4 heteroatoms. The molecule has 0 bridgehead atoms. The van der Waals surface area contributed by atoms with Gasteiger partial charge in [0.15, 0.2) is 4.90 Å². The Balaban J connectivity index is 2.26. The maximum absolute atomic E-state index is 11.5. The standard InChI is InChI=1S/C20H26N2OS/c1-6-22(4)20(21)19-12-14(2)17(11-15(19)3)13-16-7-9-18(10-8-16)24(5)23/h7-12,21H,6,13H2,1-5H3. The molecular weight excluding hydrogens is 316 g/mol. The molecule has 24 heavy (non-hydrogen) atoms. The van der Waals surface area contributed by atoms with E-state index in [4.69, 9.17) is 5.41 Å². The Labute approximate surface area is 148 Å². The summed E-state index contributed by atoms with van der Waals surface area (Å²) in [5.74, 6) is 0.569. The molecule has 0 saturated heterocycles. The SMILES string of the molecule is CCN(C)C(=N)c1cc(C)c(Cc2ccc([S+](C)[O-])cc2)cc1C. The fourth-order valence-electron chi connectivity index (χ4n) is 2.70. The summed E-state index contributed by atoms with van der Waals surface area (Å²) in [5, 5.41) is 8.33. The Morgan fingerprint density at radius 1 is 1.12 bits per heavy atom. The van der Waals surface area contributed by atoms with Crippen molar-refractivity contribution in [1.82, 2.24) is 4.90 Å². The molecule has 2 aromatic carbocycles. The number of hydrogen-bond donors (Lipinski definition) is 1. The van der Waals surface area contributed by atoms with Gasteiger partial charge in [-0.25, -0.2) is 0 Å². The number of nitrogens with zero attached hydrogens (tertiary/aromatic N) is 1. The molecule has 1 unspecified atom stereocenters. The van der Waals surface area contributed by atoms with E-state index in [1.165, 1.54) is 16.7 Å². The lowest BCUT2D eigenvalue weighted by Gasteiger charge is -2.20. The van der Waals surface area contributed by atoms with Crippen LogP contribution < -0.4 is 0 Å². The normalized spacial score (nSPS) is 12.1. The van der Waals surface area contributed by atoms with Crippen LogP contribution in [-0.2, 0) is 17.6 Å². The van der Waals surface area contributed by atoms with Crippen LogP contribution in [0.5, 0.6) is 0 Å². The minimum absolute atomic E-state index is 0.569. The van der Waals surface area contributed by atoms with E-state index in [0.29, 0.717) is 5.84 Å². The van der Waals surface area contributed by atoms with E-state index in [2.05, 4.69) is 32.9 Å². The second-order valence-corrected chi connectivity index (χ2v) is 7.61. The van der Waals surface area contributed by atoms with Crippen molar-refractivity contribution in [2.75, 3.05) is 19.8 Å². The highest BCUT2D eigenvalue weighted by Crippen LogP contribution is 2.21. The van der Waals surface area contributed by atoms with E-state index >= 15 is 0 Å². The Kier molecular flexibility index (Phi) is 6.08. The lowest BCUT2D eigenvalue weighted by Crippen LogP contribution is -2.27. The van der Waals surface area contributed by atoms with Crippen molar-refractivity contribution in [2.45, 2.75) is 32.1 Å². The van der Waals surface area contributed by atoms with Crippen LogP contribution in [0, 0.1) is 19.3 Å². The minimum Gasteiger partial charge on any atom is -0.612 e. The second-order valence-electron chi connectivity index (χ2n) is 6.23. The van der Waals surface area contributed by atoms with Crippen molar-refractivity contribution >= 4 is 17.0 Å². The number of hydrogen-bond acceptors (Lipinski definition) is 2. The molecule has 1 atom stereocenters. The van der Waals surface area contributed by atoms with Gasteiger partial charge in [0.1, 0.15) is 12.1 Å². The van der Waals surface area contributed by atoms with Crippen LogP contribution in [0.4, 0.5) is 0 Å². The number of nitrogens with one attached hydrogen (secondary N) is 1. The summed E-state index contributed by atoms with van der Waals surface area (Å²) >= 11 is -0.934. The van der Waals surface area contributed by atoms with Gasteiger partial charge in [-0.1, -0.05) is 18.2 Å². The van der Waals surface area contributed by atoms with Crippen LogP contribution in [0.25, 0.3) is 0 Å². The van der Waals surface area contributed by atoms with Gasteiger partial charge >= 0.3 is 0 Å². The molecular formula is C20H26N2OS. The Hall–Kier alpha value is -1.78. The molecule has 0 fully saturated rings. The lowest BCUT2D eigenvalue weighted by molar-refractivity contribution is 0.532. The van der Waals surface area contributed by atoms with Crippen LogP contribution in [0.2, 0.25) is 0 Å². The van der Waals surface area contributed by atoms with Crippen molar-refractivity contribution in [1.29, 1.82) is 5.41 Å². The molecule has 0 saturated carbocycles. The molecule has 0 heterocycles. The summed E-state index contributed by atoms with van der Waals surface area (Å²) in [5.41, 5.74) is 5.81. The average molecular weight is 343 g/mol. The second kappa shape index (κ2) is 7.86. The molecule has 3 nitrogen and oxygen atoms in total. The van der Waals surface area contributed by atoms with Gasteiger partial charge in [-0.05, 0) is 78.8 Å². The van der Waals surface area contributed by atoms with Gasteiger partial charge in [-0.15, -0.1) is 0 Å². The number of amidine groups is 1. The first-order chi connectivity index (χ1) is 11.3. The van der Waals surface area contributed by atoms with Crippen molar-refractivity contribution in [3.05, 3.63) is 64.2 Å². The zero-order chi connectivity index (χ0) is 17.9. The first-order valence-corrected chi connectivity index (χ1v) is 9.71. The third-order valence-electron chi connectivity index (χ3n) is 4.44. The fraction of sp³-hybridized carbons (Fsp3) is 0.350. The van der Waals surface area contributed by atoms with Crippen LogP contribution in [-0.4, -0.2) is 35.1 Å². The summed E-state index contributed by atoms with van der Waals surface area (Å²) in [7, 11) is 1.95. The molecule has 0 aromatic heterocycles. The average Bonchev–Trinajstić information content (AvgIpc) is 2.57. The van der Waals surface area contributed by atoms with E-state index in [-0.39, 0.29) is 0 Å². The summed E-state index contributed by atoms with van der Waals surface area (Å²) in [6.45, 7) is 7.05. The van der Waals surface area contributed by atoms with E-state index in [0.717, 1.165) is 29.0 Å². The predicted molar refractivity (Wildman–Crippen MR) is 103 cm³/mol. The maximum Gasteiger partial charge on any atom is 0.152 e. The van der Waals surface area contributed by atoms with E-state index in [9.17, 15) is 4.55 Å². The molecule has 0 aliphatic carbocycles. The number of rotatable bonds is 5. The smallest absolute Gasteiger partial charge is 0.152 e. The summed E-state index contributed by atoms with van der Waals surface area (Å²) in [6.07, 6.45) is 2.55. The van der Waals surface area contributed by atoms with Crippen molar-refractivity contribution in [3.8, 4) is 0 Å². The highest BCUT2D eigenvalue weighted by Gasteiger charge is 2.12. The molecule has 0 aliphatic rings. The van der Waals surface area contributed by atoms with Gasteiger partial charge in [0.2, 0.25) is 0 Å². The quantitative estimate of drug-likeness (QED) is 0.509. The van der Waals surface area contributed by atoms with E-state index in [1.807, 2.05) is 36.2 Å². The Morgan fingerprint density at radius 2 is 1.75 bits per heavy atom. The minimum atomic E-state index is -0.934. The first kappa shape index (κ1) is 18.6. The third kappa shape index (κ3) is 4.19. The summed E-state index contributed by atoms with van der Waals surface area (Å²) in [6, 6.07) is 12.3. The van der Waals surface area contributed by atoms with Gasteiger partial charge in [0, 0.05) is 19.2 Å². The fourth-order valence-corrected chi connectivity index (χ4v) is 3.22. The van der Waals surface area contributed by atoms with Gasteiger partial charge in [0.25, 0.3) is 0 Å². The van der Waals surface area contributed by atoms with Crippen LogP contribution in [0.3, 0.4) is 0 Å². The molecule has 0 radical (unpaired) electrons. The first-order valence-electron chi connectivity index (χ1n) is 8.16. The van der Waals surface area contributed by atoms with Crippen molar-refractivity contribution in [3.63, 3.8) is 0 Å². The molecule has 0 spiro atoms. The number of aryl methyl sites for hydroxylation is 2. The van der Waals surface area contributed by atoms with Crippen molar-refractivity contribution < 1.29 is 4.55 Å². The molecule has 0 amide bonds. The highest BCUT2D eigenvalue weighted by molar-refractivity contribution is 7.90. The van der Waals surface area contributed by atoms with Gasteiger partial charge < -0.3 is 9.45 Å². The predicted octanol–water partition coefficient (Wildman–Crippen LogP) is 3.91. The molecule has 2 rings (SSSR count). The summed E-state index contributed by atoms with van der Waals surface area (Å²) in [4.78, 5) is 2.81. The van der Waals surface area contributed by atoms with Crippen LogP contribution in [0.1, 0.15) is 34.7 Å². The zero-order valence-electron chi connectivity index (χ0n) is 15.1. The van der Waals surface area contributed by atoms with E-state index < -0.39 is 11.2 Å². The van der Waals surface area contributed by atoms with E-state index in [1.54, 1.807) is 6.26 Å². The monoisotopic (exact) mass is 342 g/mol. The Bertz CT molecular complexity index is 723.